The van der Waals surface area contributed by atoms with Crippen molar-refractivity contribution in [2.24, 2.45) is 10.7 Å². The van der Waals surface area contributed by atoms with Gasteiger partial charge in [0.25, 0.3) is 0 Å². The molecule has 45 heavy (non-hydrogen) atoms. The number of rotatable bonds is 17. The number of alkyl halides is 3. The highest BCUT2D eigenvalue weighted by molar-refractivity contribution is 7.15. The molecular weight excluding hydrogens is 607 g/mol. The fraction of sp³-hybridized carbons (Fsp3) is 0.419. The van der Waals surface area contributed by atoms with Crippen LogP contribution in [-0.2, 0) is 28.9 Å². The van der Waals surface area contributed by atoms with Gasteiger partial charge in [0.2, 0.25) is 16.9 Å². The van der Waals surface area contributed by atoms with Crippen LogP contribution < -0.4 is 16.4 Å². The normalized spacial score (nSPS) is 13.2. The summed E-state index contributed by atoms with van der Waals surface area (Å²) in [4.78, 5) is 27.9. The molecule has 0 aliphatic rings. The molecule has 6 N–H and O–H groups in total. The van der Waals surface area contributed by atoms with Crippen molar-refractivity contribution in [3.8, 4) is 0 Å². The molecule has 0 bridgehead atoms. The average Bonchev–Trinajstić information content (AvgIpc) is 3.40. The average molecular weight is 646 g/mol. The molecule has 10 nitrogen and oxygen atoms in total. The van der Waals surface area contributed by atoms with Crippen LogP contribution in [-0.4, -0.2) is 51.1 Å². The predicted octanol–water partition coefficient (Wildman–Crippen LogP) is 5.28. The number of amides is 2. The first-order valence-corrected chi connectivity index (χ1v) is 15.4. The number of aliphatic imine (C=N–C) groups is 1. The highest BCUT2D eigenvalue weighted by Gasteiger charge is 2.31. The molecule has 2 amide bonds. The van der Waals surface area contributed by atoms with Crippen LogP contribution in [0.5, 0.6) is 0 Å². The molecule has 0 saturated heterocycles. The van der Waals surface area contributed by atoms with E-state index in [-0.39, 0.29) is 24.6 Å². The second-order valence-corrected chi connectivity index (χ2v) is 11.7. The van der Waals surface area contributed by atoms with Crippen LogP contribution in [0.2, 0.25) is 0 Å². The van der Waals surface area contributed by atoms with Gasteiger partial charge < -0.3 is 26.9 Å². The standard InChI is InChI=1S/C31H38F3N7O3S/c1-20(37-28(44)19-31(32,33)34)23-11-7-10-22(16-23)18-26(42)38-25(36)15-14-24(35)12-5-6-13-29-40-41-30(45-29)39-27(43)17-21-8-3-2-4-9-21/h2-4,7-11,16,20,26,35,42H,5-6,12-15,17-19H2,1H3,(H2,36,38)(H,37,44)(H,39,41,43). The topological polar surface area (TPSA) is 166 Å². The summed E-state index contributed by atoms with van der Waals surface area (Å²) >= 11 is 1.34. The van der Waals surface area contributed by atoms with Gasteiger partial charge in [0.05, 0.1) is 18.3 Å². The fourth-order valence-electron chi connectivity index (χ4n) is 4.43. The molecule has 1 heterocycles. The van der Waals surface area contributed by atoms with Crippen molar-refractivity contribution >= 4 is 39.8 Å². The van der Waals surface area contributed by atoms with E-state index in [0.717, 1.165) is 23.4 Å². The van der Waals surface area contributed by atoms with Gasteiger partial charge in [-0.2, -0.15) is 13.2 Å². The molecule has 1 aromatic heterocycles. The van der Waals surface area contributed by atoms with Gasteiger partial charge in [0.1, 0.15) is 11.4 Å². The number of aliphatic hydroxyl groups is 1. The Morgan fingerprint density at radius 3 is 2.49 bits per heavy atom. The quantitative estimate of drug-likeness (QED) is 0.0761. The van der Waals surface area contributed by atoms with Gasteiger partial charge in [-0.05, 0) is 49.3 Å². The number of halogens is 3. The number of nitrogens with one attached hydrogen (secondary N) is 3. The van der Waals surface area contributed by atoms with Gasteiger partial charge in [-0.25, -0.2) is 4.99 Å². The van der Waals surface area contributed by atoms with E-state index in [4.69, 9.17) is 11.1 Å². The number of hydrogen-bond acceptors (Lipinski definition) is 8. The zero-order valence-corrected chi connectivity index (χ0v) is 25.8. The summed E-state index contributed by atoms with van der Waals surface area (Å²) < 4.78 is 37.3. The van der Waals surface area contributed by atoms with Crippen molar-refractivity contribution < 1.29 is 27.9 Å². The number of aliphatic hydroxyl groups excluding tert-OH is 1. The van der Waals surface area contributed by atoms with Gasteiger partial charge in [0, 0.05) is 25.0 Å². The Kier molecular flexibility index (Phi) is 13.6. The first-order valence-electron chi connectivity index (χ1n) is 14.5. The van der Waals surface area contributed by atoms with Crippen LogP contribution in [0.3, 0.4) is 0 Å². The van der Waals surface area contributed by atoms with Crippen LogP contribution >= 0.6 is 11.3 Å². The van der Waals surface area contributed by atoms with E-state index in [2.05, 4.69) is 25.8 Å². The third kappa shape index (κ3) is 14.0. The zero-order chi connectivity index (χ0) is 32.8. The van der Waals surface area contributed by atoms with E-state index in [1.807, 2.05) is 30.3 Å². The summed E-state index contributed by atoms with van der Waals surface area (Å²) in [5.41, 5.74) is 8.69. The second-order valence-electron chi connectivity index (χ2n) is 10.7. The number of carbonyl (C=O) groups excluding carboxylic acids is 2. The number of benzene rings is 2. The van der Waals surface area contributed by atoms with E-state index in [1.165, 1.54) is 11.3 Å². The van der Waals surface area contributed by atoms with Crippen LogP contribution in [0.15, 0.2) is 59.6 Å². The molecule has 2 atom stereocenters. The SMILES string of the molecule is CC(NC(=O)CC(F)(F)F)c1cccc(CC(O)N=C(N)CCC(=N)CCCCc2nnc(NC(=O)Cc3ccccc3)s2)c1. The highest BCUT2D eigenvalue weighted by atomic mass is 32.1. The summed E-state index contributed by atoms with van der Waals surface area (Å²) in [6.45, 7) is 1.58. The highest BCUT2D eigenvalue weighted by Crippen LogP contribution is 2.21. The molecule has 2 aromatic carbocycles. The third-order valence-corrected chi connectivity index (χ3v) is 7.54. The van der Waals surface area contributed by atoms with Crippen molar-refractivity contribution in [1.82, 2.24) is 15.5 Å². The maximum absolute atomic E-state index is 12.4. The molecule has 0 saturated carbocycles. The molecule has 0 aliphatic carbocycles. The van der Waals surface area contributed by atoms with E-state index in [0.29, 0.717) is 47.7 Å². The minimum atomic E-state index is -4.58. The Bertz CT molecular complexity index is 1450. The van der Waals surface area contributed by atoms with Crippen molar-refractivity contribution in [3.63, 3.8) is 0 Å². The van der Waals surface area contributed by atoms with Gasteiger partial charge in [-0.1, -0.05) is 65.9 Å². The summed E-state index contributed by atoms with van der Waals surface area (Å²) in [6, 6.07) is 15.6. The lowest BCUT2D eigenvalue weighted by molar-refractivity contribution is -0.154. The second kappa shape index (κ2) is 17.4. The summed E-state index contributed by atoms with van der Waals surface area (Å²) in [5.74, 6) is -1.05. The van der Waals surface area contributed by atoms with E-state index in [1.54, 1.807) is 31.2 Å². The predicted molar refractivity (Wildman–Crippen MR) is 168 cm³/mol. The number of unbranched alkanes of at least 4 members (excludes halogenated alkanes) is 1. The number of anilines is 1. The van der Waals surface area contributed by atoms with E-state index < -0.39 is 30.8 Å². The first-order chi connectivity index (χ1) is 21.4. The Hall–Kier alpha value is -4.17. The molecule has 2 unspecified atom stereocenters. The monoisotopic (exact) mass is 645 g/mol. The summed E-state index contributed by atoms with van der Waals surface area (Å²) in [6.07, 6.45) is -3.30. The Morgan fingerprint density at radius 2 is 1.76 bits per heavy atom. The van der Waals surface area contributed by atoms with Crippen LogP contribution in [0.4, 0.5) is 18.3 Å². The van der Waals surface area contributed by atoms with Gasteiger partial charge in [0.15, 0.2) is 6.23 Å². The number of aryl methyl sites for hydroxylation is 1. The lowest BCUT2D eigenvalue weighted by Gasteiger charge is -2.16. The van der Waals surface area contributed by atoms with Crippen molar-refractivity contribution in [2.75, 3.05) is 5.32 Å². The number of carbonyl (C=O) groups is 2. The maximum atomic E-state index is 12.4. The van der Waals surface area contributed by atoms with Gasteiger partial charge in [-0.3, -0.25) is 9.59 Å². The third-order valence-electron chi connectivity index (χ3n) is 6.65. The minimum absolute atomic E-state index is 0.124. The van der Waals surface area contributed by atoms with Crippen LogP contribution in [0.1, 0.15) is 73.2 Å². The largest absolute Gasteiger partial charge is 0.397 e. The van der Waals surface area contributed by atoms with Crippen LogP contribution in [0.25, 0.3) is 0 Å². The Morgan fingerprint density at radius 1 is 1.02 bits per heavy atom. The Balaban J connectivity index is 1.33. The molecule has 242 valence electrons. The lowest BCUT2D eigenvalue weighted by Crippen LogP contribution is -2.30. The lowest BCUT2D eigenvalue weighted by atomic mass is 10.0. The summed E-state index contributed by atoms with van der Waals surface area (Å²) in [5, 5.41) is 33.2. The number of hydrogen-bond donors (Lipinski definition) is 5. The van der Waals surface area contributed by atoms with Crippen molar-refractivity contribution in [2.45, 2.75) is 83.2 Å². The Labute approximate surface area is 263 Å². The molecule has 0 aliphatic heterocycles. The molecule has 0 spiro atoms. The fourth-order valence-corrected chi connectivity index (χ4v) is 5.23. The number of aromatic nitrogens is 2. The molecule has 3 rings (SSSR count). The van der Waals surface area contributed by atoms with Gasteiger partial charge in [-0.15, -0.1) is 10.2 Å². The van der Waals surface area contributed by atoms with Crippen LogP contribution in [0, 0.1) is 5.41 Å². The number of amidine groups is 1. The maximum Gasteiger partial charge on any atom is 0.397 e. The number of nitrogens with zero attached hydrogens (tertiary/aromatic N) is 3. The first kappa shape index (κ1) is 35.3. The smallest absolute Gasteiger partial charge is 0.387 e. The molecule has 0 fully saturated rings. The molecule has 14 heteroatoms. The van der Waals surface area contributed by atoms with Gasteiger partial charge >= 0.3 is 6.18 Å². The summed E-state index contributed by atoms with van der Waals surface area (Å²) in [7, 11) is 0. The number of nitrogens with two attached hydrogens (primary N) is 1. The van der Waals surface area contributed by atoms with Crippen molar-refractivity contribution in [1.29, 1.82) is 5.41 Å². The van der Waals surface area contributed by atoms with Crippen molar-refractivity contribution in [3.05, 3.63) is 76.3 Å². The molecule has 3 aromatic rings. The minimum Gasteiger partial charge on any atom is -0.387 e. The van der Waals surface area contributed by atoms with E-state index >= 15 is 0 Å². The molecule has 0 radical (unpaired) electrons. The zero-order valence-electron chi connectivity index (χ0n) is 24.9. The molecular formula is C31H38F3N7O3S. The van der Waals surface area contributed by atoms with E-state index in [9.17, 15) is 27.9 Å².